The van der Waals surface area contributed by atoms with Gasteiger partial charge in [0.25, 0.3) is 0 Å². The zero-order chi connectivity index (χ0) is 11.3. The van der Waals surface area contributed by atoms with Crippen molar-refractivity contribution in [2.24, 2.45) is 5.92 Å². The molecule has 1 rings (SSSR count). The summed E-state index contributed by atoms with van der Waals surface area (Å²) in [5, 5.41) is 3.39. The fourth-order valence-electron chi connectivity index (χ4n) is 1.88. The van der Waals surface area contributed by atoms with Gasteiger partial charge in [-0.05, 0) is 36.9 Å². The van der Waals surface area contributed by atoms with Crippen LogP contribution >= 0.6 is 0 Å². The average molecular weight is 205 g/mol. The van der Waals surface area contributed by atoms with Crippen molar-refractivity contribution in [1.82, 2.24) is 5.32 Å². The topological polar surface area (TPSA) is 12.0 Å². The Labute approximate surface area is 93.9 Å². The van der Waals surface area contributed by atoms with Crippen molar-refractivity contribution in [3.05, 3.63) is 35.4 Å². The summed E-state index contributed by atoms with van der Waals surface area (Å²) in [6.45, 7) is 6.73. The molecule has 1 heteroatoms. The van der Waals surface area contributed by atoms with E-state index in [1.807, 2.05) is 7.05 Å². The lowest BCUT2D eigenvalue weighted by Crippen LogP contribution is -2.18. The minimum Gasteiger partial charge on any atom is -0.313 e. The van der Waals surface area contributed by atoms with Crippen LogP contribution in [-0.4, -0.2) is 7.05 Å². The number of rotatable bonds is 5. The molecule has 0 aromatic heterocycles. The molecule has 0 radical (unpaired) electrons. The predicted molar refractivity (Wildman–Crippen MR) is 67.1 cm³/mol. The first-order chi connectivity index (χ1) is 7.17. The normalized spacial score (nSPS) is 13.1. The standard InChI is InChI=1S/C14H23N/c1-5-12-6-8-13(9-7-12)14(15-4)10-11(2)3/h6-9,11,14-15H,5,10H2,1-4H3. The summed E-state index contributed by atoms with van der Waals surface area (Å²) in [7, 11) is 2.04. The molecule has 0 fully saturated rings. The van der Waals surface area contributed by atoms with Gasteiger partial charge >= 0.3 is 0 Å². The van der Waals surface area contributed by atoms with Gasteiger partial charge in [0.2, 0.25) is 0 Å². The van der Waals surface area contributed by atoms with Gasteiger partial charge in [-0.2, -0.15) is 0 Å². The zero-order valence-corrected chi connectivity index (χ0v) is 10.4. The summed E-state index contributed by atoms with van der Waals surface area (Å²) >= 11 is 0. The van der Waals surface area contributed by atoms with Gasteiger partial charge in [-0.25, -0.2) is 0 Å². The number of hydrogen-bond donors (Lipinski definition) is 1. The molecule has 0 aliphatic carbocycles. The van der Waals surface area contributed by atoms with E-state index in [-0.39, 0.29) is 0 Å². The molecular formula is C14H23N. The summed E-state index contributed by atoms with van der Waals surface area (Å²) in [6.07, 6.45) is 2.32. The number of aryl methyl sites for hydroxylation is 1. The van der Waals surface area contributed by atoms with E-state index in [9.17, 15) is 0 Å². The average Bonchev–Trinajstić information content (AvgIpc) is 2.26. The Balaban J connectivity index is 2.74. The van der Waals surface area contributed by atoms with Crippen LogP contribution in [0.2, 0.25) is 0 Å². The minimum absolute atomic E-state index is 0.496. The van der Waals surface area contributed by atoms with Gasteiger partial charge in [0.05, 0.1) is 0 Å². The highest BCUT2D eigenvalue weighted by molar-refractivity contribution is 5.25. The lowest BCUT2D eigenvalue weighted by molar-refractivity contribution is 0.456. The van der Waals surface area contributed by atoms with Crippen LogP contribution in [-0.2, 0) is 6.42 Å². The van der Waals surface area contributed by atoms with Crippen molar-refractivity contribution in [1.29, 1.82) is 0 Å². The lowest BCUT2D eigenvalue weighted by Gasteiger charge is -2.19. The Morgan fingerprint density at radius 2 is 1.73 bits per heavy atom. The lowest BCUT2D eigenvalue weighted by atomic mass is 9.96. The van der Waals surface area contributed by atoms with E-state index in [1.54, 1.807) is 0 Å². The predicted octanol–water partition coefficient (Wildman–Crippen LogP) is 3.56. The van der Waals surface area contributed by atoms with E-state index in [4.69, 9.17) is 0 Å². The highest BCUT2D eigenvalue weighted by Crippen LogP contribution is 2.21. The van der Waals surface area contributed by atoms with Crippen LogP contribution in [0.3, 0.4) is 0 Å². The molecule has 1 atom stereocenters. The van der Waals surface area contributed by atoms with Crippen molar-refractivity contribution < 1.29 is 0 Å². The smallest absolute Gasteiger partial charge is 0.0319 e. The third-order valence-electron chi connectivity index (χ3n) is 2.85. The third kappa shape index (κ3) is 3.67. The third-order valence-corrected chi connectivity index (χ3v) is 2.85. The first-order valence-electron chi connectivity index (χ1n) is 5.93. The maximum Gasteiger partial charge on any atom is 0.0319 e. The molecule has 0 heterocycles. The van der Waals surface area contributed by atoms with Crippen molar-refractivity contribution in [2.45, 2.75) is 39.7 Å². The van der Waals surface area contributed by atoms with Crippen molar-refractivity contribution in [2.75, 3.05) is 7.05 Å². The van der Waals surface area contributed by atoms with Crippen LogP contribution in [0.1, 0.15) is 44.4 Å². The molecule has 0 bridgehead atoms. The zero-order valence-electron chi connectivity index (χ0n) is 10.4. The second-order valence-corrected chi connectivity index (χ2v) is 4.57. The van der Waals surface area contributed by atoms with Crippen molar-refractivity contribution in [3.63, 3.8) is 0 Å². The highest BCUT2D eigenvalue weighted by atomic mass is 14.9. The number of nitrogens with one attached hydrogen (secondary N) is 1. The van der Waals surface area contributed by atoms with Crippen molar-refractivity contribution in [3.8, 4) is 0 Å². The summed E-state index contributed by atoms with van der Waals surface area (Å²) < 4.78 is 0. The first-order valence-corrected chi connectivity index (χ1v) is 5.93. The Morgan fingerprint density at radius 1 is 1.13 bits per heavy atom. The van der Waals surface area contributed by atoms with Crippen LogP contribution < -0.4 is 5.32 Å². The van der Waals surface area contributed by atoms with Gasteiger partial charge in [-0.15, -0.1) is 0 Å². The quantitative estimate of drug-likeness (QED) is 0.775. The Hall–Kier alpha value is -0.820. The molecule has 1 nitrogen and oxygen atoms in total. The Bertz CT molecular complexity index is 274. The van der Waals surface area contributed by atoms with Gasteiger partial charge in [-0.3, -0.25) is 0 Å². The molecule has 1 aromatic rings. The molecule has 1 unspecified atom stereocenters. The molecule has 0 aliphatic heterocycles. The molecule has 84 valence electrons. The fourth-order valence-corrected chi connectivity index (χ4v) is 1.88. The van der Waals surface area contributed by atoms with E-state index in [0.29, 0.717) is 6.04 Å². The maximum atomic E-state index is 3.39. The van der Waals surface area contributed by atoms with Crippen LogP contribution in [0, 0.1) is 5.92 Å². The molecule has 0 saturated carbocycles. The second-order valence-electron chi connectivity index (χ2n) is 4.57. The number of hydrogen-bond acceptors (Lipinski definition) is 1. The van der Waals surface area contributed by atoms with Crippen molar-refractivity contribution >= 4 is 0 Å². The van der Waals surface area contributed by atoms with Crippen LogP contribution in [0.25, 0.3) is 0 Å². The van der Waals surface area contributed by atoms with Crippen LogP contribution in [0.4, 0.5) is 0 Å². The summed E-state index contributed by atoms with van der Waals surface area (Å²) in [5.74, 6) is 0.730. The molecule has 15 heavy (non-hydrogen) atoms. The second kappa shape index (κ2) is 5.92. The van der Waals surface area contributed by atoms with Crippen LogP contribution in [0.15, 0.2) is 24.3 Å². The van der Waals surface area contributed by atoms with Gasteiger partial charge in [0.15, 0.2) is 0 Å². The van der Waals surface area contributed by atoms with E-state index in [2.05, 4.69) is 50.4 Å². The Morgan fingerprint density at radius 3 is 2.13 bits per heavy atom. The molecular weight excluding hydrogens is 182 g/mol. The van der Waals surface area contributed by atoms with E-state index < -0.39 is 0 Å². The van der Waals surface area contributed by atoms with Crippen LogP contribution in [0.5, 0.6) is 0 Å². The van der Waals surface area contributed by atoms with Gasteiger partial charge < -0.3 is 5.32 Å². The highest BCUT2D eigenvalue weighted by Gasteiger charge is 2.10. The molecule has 0 amide bonds. The largest absolute Gasteiger partial charge is 0.313 e. The van der Waals surface area contributed by atoms with Gasteiger partial charge in [-0.1, -0.05) is 45.0 Å². The van der Waals surface area contributed by atoms with E-state index in [0.717, 1.165) is 12.3 Å². The summed E-state index contributed by atoms with van der Waals surface area (Å²) in [4.78, 5) is 0. The SMILES string of the molecule is CCc1ccc(C(CC(C)C)NC)cc1. The molecule has 0 aliphatic rings. The summed E-state index contributed by atoms with van der Waals surface area (Å²) in [5.41, 5.74) is 2.82. The van der Waals surface area contributed by atoms with E-state index in [1.165, 1.54) is 17.5 Å². The Kier molecular flexibility index (Phi) is 4.83. The monoisotopic (exact) mass is 205 g/mol. The van der Waals surface area contributed by atoms with E-state index >= 15 is 0 Å². The van der Waals surface area contributed by atoms with Gasteiger partial charge in [0.1, 0.15) is 0 Å². The summed E-state index contributed by atoms with van der Waals surface area (Å²) in [6, 6.07) is 9.47. The molecule has 0 spiro atoms. The molecule has 1 aromatic carbocycles. The molecule has 0 saturated heterocycles. The number of benzene rings is 1. The van der Waals surface area contributed by atoms with Gasteiger partial charge in [0, 0.05) is 6.04 Å². The maximum absolute atomic E-state index is 3.39. The fraction of sp³-hybridized carbons (Fsp3) is 0.571. The minimum atomic E-state index is 0.496. The molecule has 1 N–H and O–H groups in total. The first kappa shape index (κ1) is 12.3.